The second-order valence-corrected chi connectivity index (χ2v) is 8.62. The molecule has 1 aliphatic rings. The van der Waals surface area contributed by atoms with Gasteiger partial charge in [0.25, 0.3) is 5.91 Å². The van der Waals surface area contributed by atoms with Crippen LogP contribution in [-0.2, 0) is 5.72 Å². The number of amides is 2. The Labute approximate surface area is 197 Å². The molecule has 0 radical (unpaired) electrons. The van der Waals surface area contributed by atoms with Crippen molar-refractivity contribution < 1.29 is 19.4 Å². The van der Waals surface area contributed by atoms with Crippen LogP contribution in [0.3, 0.4) is 0 Å². The third kappa shape index (κ3) is 3.28. The van der Waals surface area contributed by atoms with Crippen molar-refractivity contribution in [1.82, 2.24) is 15.3 Å². The van der Waals surface area contributed by atoms with Crippen LogP contribution in [0.25, 0.3) is 11.0 Å². The SMILES string of the molecule is CNC(=O)Oc1nc2ccc(C3(O)c4ccccc4C(=O)N3c3cc(Br)ccc3C)cc2[nH]1. The van der Waals surface area contributed by atoms with Gasteiger partial charge in [0.15, 0.2) is 5.72 Å². The first-order valence-electron chi connectivity index (χ1n) is 10.2. The first-order valence-corrected chi connectivity index (χ1v) is 10.9. The standard InChI is InChI=1S/C24H19BrN4O4/c1-13-7-9-15(25)12-20(13)29-21(30)16-5-3-4-6-17(16)24(29,32)14-8-10-18-19(11-14)28-22(27-18)33-23(31)26-2/h3-12,32H,1-2H3,(H,26,31)(H,27,28). The van der Waals surface area contributed by atoms with Crippen molar-refractivity contribution in [1.29, 1.82) is 0 Å². The highest BCUT2D eigenvalue weighted by molar-refractivity contribution is 9.10. The molecule has 5 rings (SSSR count). The average Bonchev–Trinajstić information content (AvgIpc) is 3.31. The van der Waals surface area contributed by atoms with Crippen molar-refractivity contribution in [2.75, 3.05) is 11.9 Å². The van der Waals surface area contributed by atoms with Crippen LogP contribution >= 0.6 is 15.9 Å². The zero-order valence-electron chi connectivity index (χ0n) is 17.7. The highest BCUT2D eigenvalue weighted by atomic mass is 79.9. The number of hydrogen-bond acceptors (Lipinski definition) is 5. The van der Waals surface area contributed by atoms with Crippen molar-refractivity contribution in [2.24, 2.45) is 0 Å². The summed E-state index contributed by atoms with van der Waals surface area (Å²) in [5, 5.41) is 14.6. The molecule has 2 amide bonds. The van der Waals surface area contributed by atoms with E-state index >= 15 is 0 Å². The molecule has 0 fully saturated rings. The number of nitrogens with one attached hydrogen (secondary N) is 2. The van der Waals surface area contributed by atoms with Crippen LogP contribution in [0.5, 0.6) is 6.01 Å². The molecule has 8 nitrogen and oxygen atoms in total. The summed E-state index contributed by atoms with van der Waals surface area (Å²) < 4.78 is 5.87. The van der Waals surface area contributed by atoms with Crippen LogP contribution in [0.15, 0.2) is 65.1 Å². The van der Waals surface area contributed by atoms with E-state index in [0.29, 0.717) is 33.4 Å². The Bertz CT molecular complexity index is 1430. The van der Waals surface area contributed by atoms with E-state index in [1.165, 1.54) is 11.9 Å². The lowest BCUT2D eigenvalue weighted by molar-refractivity contribution is 0.0703. The summed E-state index contributed by atoms with van der Waals surface area (Å²) in [6.45, 7) is 1.89. The van der Waals surface area contributed by atoms with Gasteiger partial charge in [-0.1, -0.05) is 46.3 Å². The molecule has 1 aromatic heterocycles. The van der Waals surface area contributed by atoms with Crippen LogP contribution < -0.4 is 15.0 Å². The summed E-state index contributed by atoms with van der Waals surface area (Å²) in [6.07, 6.45) is -0.653. The summed E-state index contributed by atoms with van der Waals surface area (Å²) in [5.74, 6) is -0.303. The lowest BCUT2D eigenvalue weighted by Crippen LogP contribution is -2.45. The molecule has 166 valence electrons. The molecule has 0 saturated carbocycles. The maximum atomic E-state index is 13.5. The zero-order chi connectivity index (χ0) is 23.3. The van der Waals surface area contributed by atoms with E-state index in [1.807, 2.05) is 25.1 Å². The summed E-state index contributed by atoms with van der Waals surface area (Å²) in [5.41, 5.74) is 2.11. The van der Waals surface area contributed by atoms with E-state index < -0.39 is 11.8 Å². The predicted octanol–water partition coefficient (Wildman–Crippen LogP) is 4.21. The average molecular weight is 507 g/mol. The number of rotatable bonds is 3. The van der Waals surface area contributed by atoms with Crippen molar-refractivity contribution in [3.8, 4) is 6.01 Å². The van der Waals surface area contributed by atoms with E-state index in [2.05, 4.69) is 31.2 Å². The number of aliphatic hydroxyl groups is 1. The molecule has 9 heteroatoms. The number of imidazole rings is 1. The van der Waals surface area contributed by atoms with Crippen molar-refractivity contribution in [3.05, 3.63) is 87.4 Å². The van der Waals surface area contributed by atoms with E-state index in [4.69, 9.17) is 4.74 Å². The topological polar surface area (TPSA) is 108 Å². The van der Waals surface area contributed by atoms with Gasteiger partial charge in [-0.15, -0.1) is 0 Å². The quantitative estimate of drug-likeness (QED) is 0.385. The van der Waals surface area contributed by atoms with Gasteiger partial charge < -0.3 is 20.1 Å². The van der Waals surface area contributed by atoms with Crippen molar-refractivity contribution >= 4 is 44.7 Å². The fourth-order valence-corrected chi connectivity index (χ4v) is 4.49. The minimum Gasteiger partial charge on any atom is -0.375 e. The number of aryl methyl sites for hydroxylation is 1. The molecule has 0 saturated heterocycles. The van der Waals surface area contributed by atoms with Gasteiger partial charge in [-0.2, -0.15) is 4.98 Å². The number of carbonyl (C=O) groups excluding carboxylic acids is 2. The molecule has 0 spiro atoms. The molecule has 3 aromatic carbocycles. The molecular formula is C24H19BrN4O4. The van der Waals surface area contributed by atoms with Gasteiger partial charge in [0.2, 0.25) is 0 Å². The van der Waals surface area contributed by atoms with Crippen LogP contribution in [0.4, 0.5) is 10.5 Å². The van der Waals surface area contributed by atoms with Gasteiger partial charge in [0.1, 0.15) is 0 Å². The molecule has 0 bridgehead atoms. The third-order valence-corrected chi connectivity index (χ3v) is 6.22. The fraction of sp³-hybridized carbons (Fsp3) is 0.125. The lowest BCUT2D eigenvalue weighted by Gasteiger charge is -2.35. The third-order valence-electron chi connectivity index (χ3n) is 5.73. The maximum absolute atomic E-state index is 13.5. The molecule has 33 heavy (non-hydrogen) atoms. The number of halogens is 1. The van der Waals surface area contributed by atoms with E-state index in [9.17, 15) is 14.7 Å². The first kappa shape index (κ1) is 21.2. The summed E-state index contributed by atoms with van der Waals surface area (Å²) >= 11 is 3.47. The summed E-state index contributed by atoms with van der Waals surface area (Å²) in [7, 11) is 1.45. The number of aromatic amines is 1. The highest BCUT2D eigenvalue weighted by Crippen LogP contribution is 2.46. The number of benzene rings is 3. The Kier molecular flexibility index (Phi) is 4.95. The maximum Gasteiger partial charge on any atom is 0.414 e. The Hall–Kier alpha value is -3.69. The van der Waals surface area contributed by atoms with Crippen LogP contribution in [0.2, 0.25) is 0 Å². The van der Waals surface area contributed by atoms with Crippen molar-refractivity contribution in [2.45, 2.75) is 12.6 Å². The van der Waals surface area contributed by atoms with Crippen LogP contribution in [0.1, 0.15) is 27.0 Å². The Morgan fingerprint density at radius 3 is 2.76 bits per heavy atom. The summed E-state index contributed by atoms with van der Waals surface area (Å²) in [6, 6.07) is 17.7. The molecule has 2 heterocycles. The van der Waals surface area contributed by atoms with E-state index in [1.54, 1.807) is 42.5 Å². The monoisotopic (exact) mass is 506 g/mol. The molecule has 0 aliphatic carbocycles. The molecule has 1 aliphatic heterocycles. The highest BCUT2D eigenvalue weighted by Gasteiger charge is 2.51. The van der Waals surface area contributed by atoms with Gasteiger partial charge in [0, 0.05) is 28.2 Å². The Morgan fingerprint density at radius 1 is 1.18 bits per heavy atom. The van der Waals surface area contributed by atoms with E-state index in [-0.39, 0.29) is 11.9 Å². The Morgan fingerprint density at radius 2 is 1.97 bits per heavy atom. The predicted molar refractivity (Wildman–Crippen MR) is 126 cm³/mol. The van der Waals surface area contributed by atoms with Gasteiger partial charge in [0.05, 0.1) is 16.7 Å². The molecule has 3 N–H and O–H groups in total. The number of H-pyrrole nitrogens is 1. The van der Waals surface area contributed by atoms with Gasteiger partial charge in [-0.05, 0) is 42.8 Å². The normalized spacial score (nSPS) is 17.3. The van der Waals surface area contributed by atoms with Crippen molar-refractivity contribution in [3.63, 3.8) is 0 Å². The number of carbonyl (C=O) groups is 2. The minimum atomic E-state index is -1.76. The van der Waals surface area contributed by atoms with Gasteiger partial charge in [-0.3, -0.25) is 9.69 Å². The Balaban J connectivity index is 1.70. The molecule has 1 atom stereocenters. The summed E-state index contributed by atoms with van der Waals surface area (Å²) in [4.78, 5) is 33.7. The zero-order valence-corrected chi connectivity index (χ0v) is 19.3. The number of aromatic nitrogens is 2. The number of hydrogen-bond donors (Lipinski definition) is 3. The molecule has 4 aromatic rings. The minimum absolute atomic E-state index is 0.0241. The van der Waals surface area contributed by atoms with Crippen LogP contribution in [-0.4, -0.2) is 34.1 Å². The smallest absolute Gasteiger partial charge is 0.375 e. The number of ether oxygens (including phenoxy) is 1. The fourth-order valence-electron chi connectivity index (χ4n) is 4.14. The number of fused-ring (bicyclic) bond motifs is 2. The molecule has 1 unspecified atom stereocenters. The first-order chi connectivity index (χ1) is 15.8. The lowest BCUT2D eigenvalue weighted by atomic mass is 9.93. The number of nitrogens with zero attached hydrogens (tertiary/aromatic N) is 2. The molecular weight excluding hydrogens is 488 g/mol. The number of anilines is 1. The van der Waals surface area contributed by atoms with Gasteiger partial charge >= 0.3 is 12.1 Å². The second kappa shape index (κ2) is 7.72. The van der Waals surface area contributed by atoms with Gasteiger partial charge in [-0.25, -0.2) is 4.79 Å². The van der Waals surface area contributed by atoms with E-state index in [0.717, 1.165) is 10.0 Å². The van der Waals surface area contributed by atoms with Crippen LogP contribution in [0, 0.1) is 6.92 Å². The second-order valence-electron chi connectivity index (χ2n) is 7.70. The largest absolute Gasteiger partial charge is 0.414 e.